The smallest absolute Gasteiger partial charge is 0.265 e. The van der Waals surface area contributed by atoms with E-state index < -0.39 is 0 Å². The fraction of sp³-hybridized carbons (Fsp3) is 0.667. The number of thiazole rings is 1. The van der Waals surface area contributed by atoms with Crippen LogP contribution in [-0.2, 0) is 6.54 Å². The molecule has 0 spiro atoms. The van der Waals surface area contributed by atoms with E-state index >= 15 is 0 Å². The quantitative estimate of drug-likeness (QED) is 0.807. The van der Waals surface area contributed by atoms with Crippen molar-refractivity contribution in [2.24, 2.45) is 0 Å². The average Bonchev–Trinajstić information content (AvgIpc) is 2.60. The summed E-state index contributed by atoms with van der Waals surface area (Å²) in [7, 11) is 4.01. The van der Waals surface area contributed by atoms with Crippen LogP contribution >= 0.6 is 11.3 Å². The summed E-state index contributed by atoms with van der Waals surface area (Å²) in [4.78, 5) is 21.3. The molecule has 0 bridgehead atoms. The minimum Gasteiger partial charge on any atom is -0.338 e. The molecule has 1 amide bonds. The summed E-state index contributed by atoms with van der Waals surface area (Å²) in [6.07, 6.45) is 0. The van der Waals surface area contributed by atoms with Crippen molar-refractivity contribution in [3.8, 4) is 0 Å². The molecule has 0 saturated heterocycles. The van der Waals surface area contributed by atoms with E-state index in [1.54, 1.807) is 0 Å². The maximum absolute atomic E-state index is 12.2. The number of hydrogen-bond acceptors (Lipinski definition) is 4. The first-order valence-electron chi connectivity index (χ1n) is 5.89. The normalized spacial score (nSPS) is 10.9. The maximum Gasteiger partial charge on any atom is 0.265 e. The molecule has 17 heavy (non-hydrogen) atoms. The molecule has 1 aromatic rings. The van der Waals surface area contributed by atoms with Gasteiger partial charge in [-0.25, -0.2) is 4.98 Å². The third-order valence-electron chi connectivity index (χ3n) is 2.54. The first-order chi connectivity index (χ1) is 7.99. The van der Waals surface area contributed by atoms with Gasteiger partial charge >= 0.3 is 0 Å². The second-order valence-electron chi connectivity index (χ2n) is 4.24. The van der Waals surface area contributed by atoms with E-state index in [0.717, 1.165) is 35.2 Å². The molecule has 4 nitrogen and oxygen atoms in total. The Morgan fingerprint density at radius 2 is 1.88 bits per heavy atom. The van der Waals surface area contributed by atoms with Gasteiger partial charge in [0.25, 0.3) is 5.91 Å². The summed E-state index contributed by atoms with van der Waals surface area (Å²) in [5.74, 6) is 0.106. The van der Waals surface area contributed by atoms with Gasteiger partial charge in [0.2, 0.25) is 0 Å². The van der Waals surface area contributed by atoms with Crippen LogP contribution in [0.3, 0.4) is 0 Å². The van der Waals surface area contributed by atoms with Crippen LogP contribution in [0.1, 0.15) is 34.2 Å². The molecule has 0 aliphatic carbocycles. The topological polar surface area (TPSA) is 36.4 Å². The molecule has 96 valence electrons. The van der Waals surface area contributed by atoms with E-state index in [0.29, 0.717) is 0 Å². The molecular formula is C12H21N3OS. The Hall–Kier alpha value is -0.940. The fourth-order valence-electron chi connectivity index (χ4n) is 1.64. The van der Waals surface area contributed by atoms with E-state index in [2.05, 4.69) is 9.88 Å². The lowest BCUT2D eigenvalue weighted by atomic mass is 10.3. The summed E-state index contributed by atoms with van der Waals surface area (Å²) in [5, 5.41) is 1.00. The van der Waals surface area contributed by atoms with Gasteiger partial charge in [-0.05, 0) is 34.9 Å². The van der Waals surface area contributed by atoms with Crippen LogP contribution in [0.15, 0.2) is 0 Å². The Morgan fingerprint density at radius 1 is 1.29 bits per heavy atom. The number of carbonyl (C=O) groups is 1. The Balaban J connectivity index is 2.90. The third kappa shape index (κ3) is 3.51. The Kier molecular flexibility index (Phi) is 5.08. The highest BCUT2D eigenvalue weighted by atomic mass is 32.1. The molecule has 0 N–H and O–H groups in total. The lowest BCUT2D eigenvalue weighted by Crippen LogP contribution is -2.30. The summed E-state index contributed by atoms with van der Waals surface area (Å²) in [6, 6.07) is 0. The minimum absolute atomic E-state index is 0.106. The number of carbonyl (C=O) groups excluding carboxylic acids is 1. The SMILES string of the molecule is CCN(CC)C(=O)c1sc(CN(C)C)nc1C. The summed E-state index contributed by atoms with van der Waals surface area (Å²) in [5.41, 5.74) is 0.851. The Bertz CT molecular complexity index is 383. The molecule has 0 radical (unpaired) electrons. The maximum atomic E-state index is 12.2. The average molecular weight is 255 g/mol. The molecule has 0 saturated carbocycles. The molecule has 1 aromatic heterocycles. The molecule has 0 atom stereocenters. The predicted molar refractivity (Wildman–Crippen MR) is 71.5 cm³/mol. The number of hydrogen-bond donors (Lipinski definition) is 0. The lowest BCUT2D eigenvalue weighted by Gasteiger charge is -2.17. The zero-order valence-corrected chi connectivity index (χ0v) is 12.1. The Labute approximate surface area is 107 Å². The van der Waals surface area contributed by atoms with Gasteiger partial charge in [0, 0.05) is 19.6 Å². The highest BCUT2D eigenvalue weighted by Gasteiger charge is 2.19. The molecule has 1 heterocycles. The van der Waals surface area contributed by atoms with Gasteiger partial charge in [-0.1, -0.05) is 0 Å². The van der Waals surface area contributed by atoms with Crippen molar-refractivity contribution in [1.29, 1.82) is 0 Å². The first-order valence-corrected chi connectivity index (χ1v) is 6.71. The van der Waals surface area contributed by atoms with Crippen LogP contribution in [0.25, 0.3) is 0 Å². The second-order valence-corrected chi connectivity index (χ2v) is 5.32. The van der Waals surface area contributed by atoms with Gasteiger partial charge in [-0.2, -0.15) is 0 Å². The monoisotopic (exact) mass is 255 g/mol. The summed E-state index contributed by atoms with van der Waals surface area (Å²) in [6.45, 7) is 8.19. The van der Waals surface area contributed by atoms with Crippen molar-refractivity contribution in [3.63, 3.8) is 0 Å². The fourth-order valence-corrected chi connectivity index (χ4v) is 2.79. The zero-order chi connectivity index (χ0) is 13.0. The zero-order valence-electron chi connectivity index (χ0n) is 11.3. The van der Waals surface area contributed by atoms with Crippen LogP contribution in [0.2, 0.25) is 0 Å². The second kappa shape index (κ2) is 6.12. The molecule has 0 fully saturated rings. The number of aromatic nitrogens is 1. The molecule has 1 rings (SSSR count). The van der Waals surface area contributed by atoms with E-state index in [1.165, 1.54) is 11.3 Å². The minimum atomic E-state index is 0.106. The van der Waals surface area contributed by atoms with Crippen molar-refractivity contribution in [2.75, 3.05) is 27.2 Å². The van der Waals surface area contributed by atoms with Gasteiger partial charge in [0.15, 0.2) is 0 Å². The molecular weight excluding hydrogens is 234 g/mol. The highest BCUT2D eigenvalue weighted by Crippen LogP contribution is 2.20. The van der Waals surface area contributed by atoms with Gasteiger partial charge in [-0.15, -0.1) is 11.3 Å². The first kappa shape index (κ1) is 14.1. The standard InChI is InChI=1S/C12H21N3OS/c1-6-15(7-2)12(16)11-9(3)13-10(17-11)8-14(4)5/h6-8H2,1-5H3. The van der Waals surface area contributed by atoms with Crippen LogP contribution in [0.5, 0.6) is 0 Å². The highest BCUT2D eigenvalue weighted by molar-refractivity contribution is 7.13. The van der Waals surface area contributed by atoms with Gasteiger partial charge in [-0.3, -0.25) is 4.79 Å². The van der Waals surface area contributed by atoms with Crippen molar-refractivity contribution in [3.05, 3.63) is 15.6 Å². The van der Waals surface area contributed by atoms with Crippen molar-refractivity contribution >= 4 is 17.2 Å². The Morgan fingerprint density at radius 3 is 2.35 bits per heavy atom. The van der Waals surface area contributed by atoms with E-state index in [4.69, 9.17) is 0 Å². The van der Waals surface area contributed by atoms with Crippen molar-refractivity contribution < 1.29 is 4.79 Å². The predicted octanol–water partition coefficient (Wildman–Crippen LogP) is 2.00. The largest absolute Gasteiger partial charge is 0.338 e. The molecule has 0 aliphatic rings. The van der Waals surface area contributed by atoms with E-state index in [9.17, 15) is 4.79 Å². The molecule has 0 aromatic carbocycles. The van der Waals surface area contributed by atoms with Crippen LogP contribution in [0, 0.1) is 6.92 Å². The third-order valence-corrected chi connectivity index (χ3v) is 3.67. The summed E-state index contributed by atoms with van der Waals surface area (Å²) < 4.78 is 0. The van der Waals surface area contributed by atoms with Crippen molar-refractivity contribution in [1.82, 2.24) is 14.8 Å². The lowest BCUT2D eigenvalue weighted by molar-refractivity contribution is 0.0777. The van der Waals surface area contributed by atoms with Crippen LogP contribution < -0.4 is 0 Å². The number of nitrogens with zero attached hydrogens (tertiary/aromatic N) is 3. The van der Waals surface area contributed by atoms with Crippen LogP contribution in [0.4, 0.5) is 0 Å². The van der Waals surface area contributed by atoms with Crippen LogP contribution in [-0.4, -0.2) is 47.9 Å². The number of aryl methyl sites for hydroxylation is 1. The summed E-state index contributed by atoms with van der Waals surface area (Å²) >= 11 is 1.51. The number of amides is 1. The van der Waals surface area contributed by atoms with Gasteiger partial charge in [0.05, 0.1) is 5.69 Å². The molecule has 0 aliphatic heterocycles. The van der Waals surface area contributed by atoms with Gasteiger partial charge < -0.3 is 9.80 Å². The number of rotatable bonds is 5. The van der Waals surface area contributed by atoms with E-state index in [1.807, 2.05) is 39.8 Å². The van der Waals surface area contributed by atoms with E-state index in [-0.39, 0.29) is 5.91 Å². The molecule has 0 unspecified atom stereocenters. The van der Waals surface area contributed by atoms with Crippen molar-refractivity contribution in [2.45, 2.75) is 27.3 Å². The van der Waals surface area contributed by atoms with Gasteiger partial charge in [0.1, 0.15) is 9.88 Å². The molecule has 5 heteroatoms.